The summed E-state index contributed by atoms with van der Waals surface area (Å²) >= 11 is 0. The van der Waals surface area contributed by atoms with Gasteiger partial charge in [-0.25, -0.2) is 4.79 Å². The van der Waals surface area contributed by atoms with Crippen LogP contribution in [0.25, 0.3) is 0 Å². The molecule has 7 nitrogen and oxygen atoms in total. The number of ether oxygens (including phenoxy) is 2. The molecule has 0 aliphatic rings. The predicted molar refractivity (Wildman–Crippen MR) is 91.8 cm³/mol. The van der Waals surface area contributed by atoms with E-state index in [1.54, 1.807) is 42.5 Å². The third kappa shape index (κ3) is 4.51. The molecule has 2 aromatic rings. The summed E-state index contributed by atoms with van der Waals surface area (Å²) in [6.07, 6.45) is 0. The van der Waals surface area contributed by atoms with Crippen molar-refractivity contribution in [3.63, 3.8) is 0 Å². The molecule has 0 unspecified atom stereocenters. The van der Waals surface area contributed by atoms with E-state index >= 15 is 0 Å². The number of Topliss-reactive ketones (excluding diaryl/α,β-unsaturated/α-hetero) is 2. The fraction of sp³-hybridized carbons (Fsp3) is 0.111. The Morgan fingerprint density at radius 1 is 0.920 bits per heavy atom. The van der Waals surface area contributed by atoms with Crippen LogP contribution in [0, 0.1) is 0 Å². The number of hydrazone groups is 1. The first-order chi connectivity index (χ1) is 12.1. The number of esters is 1. The van der Waals surface area contributed by atoms with E-state index in [2.05, 4.69) is 15.3 Å². The number of methoxy groups -OCH3 is 2. The van der Waals surface area contributed by atoms with E-state index in [4.69, 9.17) is 4.74 Å². The Kier molecular flexibility index (Phi) is 6.00. The van der Waals surface area contributed by atoms with Crippen molar-refractivity contribution in [2.45, 2.75) is 0 Å². The molecule has 0 bridgehead atoms. The van der Waals surface area contributed by atoms with Crippen molar-refractivity contribution in [2.24, 2.45) is 5.10 Å². The molecule has 2 aromatic carbocycles. The van der Waals surface area contributed by atoms with Gasteiger partial charge in [0.15, 0.2) is 5.71 Å². The lowest BCUT2D eigenvalue weighted by atomic mass is 10.0. The van der Waals surface area contributed by atoms with E-state index in [-0.39, 0.29) is 5.56 Å². The minimum absolute atomic E-state index is 0.232. The summed E-state index contributed by atoms with van der Waals surface area (Å²) in [5, 5.41) is 3.82. The molecule has 0 fully saturated rings. The predicted octanol–water partition coefficient (Wildman–Crippen LogP) is 2.09. The number of carbonyl (C=O) groups is 3. The molecule has 7 heteroatoms. The minimum atomic E-state index is -1.17. The van der Waals surface area contributed by atoms with Crippen molar-refractivity contribution in [3.8, 4) is 5.75 Å². The summed E-state index contributed by atoms with van der Waals surface area (Å²) in [5.41, 5.74) is 2.77. The lowest BCUT2D eigenvalue weighted by Crippen LogP contribution is -2.32. The Morgan fingerprint density at radius 3 is 2.12 bits per heavy atom. The maximum Gasteiger partial charge on any atom is 0.381 e. The van der Waals surface area contributed by atoms with Gasteiger partial charge in [-0.05, 0) is 24.3 Å². The van der Waals surface area contributed by atoms with Gasteiger partial charge in [0.25, 0.3) is 5.78 Å². The van der Waals surface area contributed by atoms with Gasteiger partial charge in [-0.1, -0.05) is 30.3 Å². The lowest BCUT2D eigenvalue weighted by Gasteiger charge is -2.06. The molecule has 0 spiro atoms. The van der Waals surface area contributed by atoms with Crippen LogP contribution in [0.5, 0.6) is 5.75 Å². The van der Waals surface area contributed by atoms with Gasteiger partial charge in [-0.2, -0.15) is 5.10 Å². The molecule has 0 aliphatic heterocycles. The highest BCUT2D eigenvalue weighted by Gasteiger charge is 2.28. The van der Waals surface area contributed by atoms with Crippen LogP contribution in [-0.4, -0.2) is 37.5 Å². The number of carbonyl (C=O) groups excluding carboxylic acids is 3. The summed E-state index contributed by atoms with van der Waals surface area (Å²) in [6, 6.07) is 14.7. The Labute approximate surface area is 144 Å². The normalized spacial score (nSPS) is 10.7. The molecule has 1 N–H and O–H groups in total. The fourth-order valence-corrected chi connectivity index (χ4v) is 1.91. The number of nitrogens with zero attached hydrogens (tertiary/aromatic N) is 1. The average Bonchev–Trinajstić information content (AvgIpc) is 2.68. The number of ketones is 2. The van der Waals surface area contributed by atoms with Crippen molar-refractivity contribution < 1.29 is 23.9 Å². The molecule has 0 saturated carbocycles. The number of hydrogen-bond acceptors (Lipinski definition) is 7. The second-order valence-electron chi connectivity index (χ2n) is 4.82. The van der Waals surface area contributed by atoms with Gasteiger partial charge in [-0.15, -0.1) is 0 Å². The third-order valence-electron chi connectivity index (χ3n) is 3.22. The van der Waals surface area contributed by atoms with E-state index in [9.17, 15) is 14.4 Å². The molecule has 2 rings (SSSR count). The van der Waals surface area contributed by atoms with Gasteiger partial charge < -0.3 is 9.47 Å². The second-order valence-corrected chi connectivity index (χ2v) is 4.82. The highest BCUT2D eigenvalue weighted by atomic mass is 16.5. The minimum Gasteiger partial charge on any atom is -0.497 e. The molecule has 0 aliphatic carbocycles. The summed E-state index contributed by atoms with van der Waals surface area (Å²) in [6.45, 7) is 0. The Hall–Kier alpha value is -3.48. The van der Waals surface area contributed by atoms with E-state index in [1.807, 2.05) is 0 Å². The van der Waals surface area contributed by atoms with Crippen molar-refractivity contribution in [2.75, 3.05) is 19.6 Å². The van der Waals surface area contributed by atoms with Crippen LogP contribution in [0.15, 0.2) is 59.7 Å². The zero-order valence-corrected chi connectivity index (χ0v) is 13.7. The van der Waals surface area contributed by atoms with Crippen LogP contribution in [0.3, 0.4) is 0 Å². The quantitative estimate of drug-likeness (QED) is 0.207. The monoisotopic (exact) mass is 340 g/mol. The van der Waals surface area contributed by atoms with Crippen molar-refractivity contribution >= 4 is 28.9 Å². The highest BCUT2D eigenvalue weighted by molar-refractivity contribution is 6.80. The Bertz CT molecular complexity index is 798. The number of anilines is 1. The first-order valence-electron chi connectivity index (χ1n) is 7.27. The SMILES string of the molecule is COC(=O)C(=O)/C(=N/Nc1ccc(OC)cc1)C(=O)c1ccccc1. The average molecular weight is 340 g/mol. The number of hydrogen-bond donors (Lipinski definition) is 1. The molecule has 0 amide bonds. The second kappa shape index (κ2) is 8.39. The topological polar surface area (TPSA) is 94.1 Å². The first-order valence-corrected chi connectivity index (χ1v) is 7.27. The van der Waals surface area contributed by atoms with Crippen LogP contribution in [0.4, 0.5) is 5.69 Å². The van der Waals surface area contributed by atoms with E-state index in [0.29, 0.717) is 11.4 Å². The molecular formula is C18H16N2O5. The molecule has 25 heavy (non-hydrogen) atoms. The number of nitrogens with one attached hydrogen (secondary N) is 1. The largest absolute Gasteiger partial charge is 0.497 e. The Balaban J connectivity index is 2.31. The summed E-state index contributed by atoms with van der Waals surface area (Å²) < 4.78 is 9.44. The third-order valence-corrected chi connectivity index (χ3v) is 3.22. The van der Waals surface area contributed by atoms with Crippen molar-refractivity contribution in [3.05, 3.63) is 60.2 Å². The van der Waals surface area contributed by atoms with Gasteiger partial charge in [0.2, 0.25) is 5.78 Å². The zero-order valence-electron chi connectivity index (χ0n) is 13.7. The molecule has 128 valence electrons. The van der Waals surface area contributed by atoms with Gasteiger partial charge in [-0.3, -0.25) is 15.0 Å². The van der Waals surface area contributed by atoms with Crippen molar-refractivity contribution in [1.82, 2.24) is 0 Å². The van der Waals surface area contributed by atoms with Crippen LogP contribution in [0.1, 0.15) is 10.4 Å². The van der Waals surface area contributed by atoms with Gasteiger partial charge in [0, 0.05) is 5.56 Å². The van der Waals surface area contributed by atoms with Crippen LogP contribution in [-0.2, 0) is 14.3 Å². The maximum atomic E-state index is 12.5. The molecule has 0 radical (unpaired) electrons. The first kappa shape index (κ1) is 17.9. The molecule has 0 atom stereocenters. The Morgan fingerprint density at radius 2 is 1.56 bits per heavy atom. The van der Waals surface area contributed by atoms with E-state index < -0.39 is 23.2 Å². The van der Waals surface area contributed by atoms with Crippen molar-refractivity contribution in [1.29, 1.82) is 0 Å². The number of rotatable bonds is 7. The van der Waals surface area contributed by atoms with Crippen LogP contribution in [0.2, 0.25) is 0 Å². The van der Waals surface area contributed by atoms with Gasteiger partial charge in [0.1, 0.15) is 5.75 Å². The van der Waals surface area contributed by atoms with E-state index in [1.165, 1.54) is 19.2 Å². The maximum absolute atomic E-state index is 12.5. The zero-order chi connectivity index (χ0) is 18.2. The smallest absolute Gasteiger partial charge is 0.381 e. The summed E-state index contributed by atoms with van der Waals surface area (Å²) in [5.74, 6) is -2.34. The summed E-state index contributed by atoms with van der Waals surface area (Å²) in [7, 11) is 2.59. The molecule has 0 saturated heterocycles. The fourth-order valence-electron chi connectivity index (χ4n) is 1.91. The van der Waals surface area contributed by atoms with Gasteiger partial charge >= 0.3 is 5.97 Å². The van der Waals surface area contributed by atoms with Gasteiger partial charge in [0.05, 0.1) is 19.9 Å². The number of benzene rings is 2. The molecular weight excluding hydrogens is 324 g/mol. The van der Waals surface area contributed by atoms with Crippen LogP contribution < -0.4 is 10.2 Å². The standard InChI is InChI=1S/C18H16N2O5/c1-24-14-10-8-13(9-11-14)19-20-15(17(22)18(23)25-2)16(21)12-6-4-3-5-7-12/h3-11,19H,1-2H3/b20-15+. The molecule has 0 aromatic heterocycles. The molecule has 0 heterocycles. The van der Waals surface area contributed by atoms with Crippen LogP contribution >= 0.6 is 0 Å². The summed E-state index contributed by atoms with van der Waals surface area (Å²) in [4.78, 5) is 36.2. The highest BCUT2D eigenvalue weighted by Crippen LogP contribution is 2.15. The van der Waals surface area contributed by atoms with E-state index in [0.717, 1.165) is 7.11 Å². The lowest BCUT2D eigenvalue weighted by molar-refractivity contribution is -0.148.